The fourth-order valence-electron chi connectivity index (χ4n) is 2.91. The van der Waals surface area contributed by atoms with Crippen molar-refractivity contribution in [3.05, 3.63) is 102 Å². The molecule has 1 heterocycles. The van der Waals surface area contributed by atoms with Gasteiger partial charge < -0.3 is 4.57 Å². The van der Waals surface area contributed by atoms with Crippen molar-refractivity contribution in [2.75, 3.05) is 0 Å². The molecule has 0 bridgehead atoms. The van der Waals surface area contributed by atoms with Gasteiger partial charge in [-0.15, -0.1) is 0 Å². The van der Waals surface area contributed by atoms with E-state index in [2.05, 4.69) is 82.1 Å². The molecule has 0 aliphatic carbocycles. The molecule has 0 saturated heterocycles. The van der Waals surface area contributed by atoms with Crippen LogP contribution < -0.4 is 0 Å². The Labute approximate surface area is 147 Å². The second-order valence-corrected chi connectivity index (χ2v) is 6.10. The molecule has 120 valence electrons. The lowest BCUT2D eigenvalue weighted by Gasteiger charge is -2.05. The normalized spacial score (nSPS) is 10.4. The molecule has 0 aliphatic rings. The zero-order chi connectivity index (χ0) is 16.9. The number of benzene rings is 3. The number of fused-ring (bicyclic) bond motifs is 1. The third-order valence-electron chi connectivity index (χ3n) is 4.20. The van der Waals surface area contributed by atoms with Gasteiger partial charge in [-0.1, -0.05) is 60.4 Å². The molecule has 3 aromatic carbocycles. The molecule has 0 unspecified atom stereocenters. The van der Waals surface area contributed by atoms with E-state index in [-0.39, 0.29) is 0 Å². The summed E-state index contributed by atoms with van der Waals surface area (Å²) >= 11 is 0. The molecule has 0 fully saturated rings. The standard InChI is InChI=1S/C23H18N2/c1-2-5-19(6-3-1)7-4-8-20-9-11-22-12-10-21(16-23(22)15-20)17-25-14-13-24-18-25/h1-3,5-6,9-16,18H,7,17H2. The fraction of sp³-hybridized carbons (Fsp3) is 0.0870. The summed E-state index contributed by atoms with van der Waals surface area (Å²) in [5.74, 6) is 6.56. The summed E-state index contributed by atoms with van der Waals surface area (Å²) in [6.45, 7) is 0.833. The van der Waals surface area contributed by atoms with Crippen LogP contribution in [0.5, 0.6) is 0 Å². The number of imidazole rings is 1. The number of hydrogen-bond acceptors (Lipinski definition) is 1. The average Bonchev–Trinajstić information content (AvgIpc) is 3.15. The highest BCUT2D eigenvalue weighted by Crippen LogP contribution is 2.18. The first-order chi connectivity index (χ1) is 12.4. The predicted molar refractivity (Wildman–Crippen MR) is 102 cm³/mol. The van der Waals surface area contributed by atoms with Crippen LogP contribution in [0.2, 0.25) is 0 Å². The van der Waals surface area contributed by atoms with Gasteiger partial charge in [0.25, 0.3) is 0 Å². The van der Waals surface area contributed by atoms with E-state index in [0.717, 1.165) is 18.5 Å². The van der Waals surface area contributed by atoms with Crippen LogP contribution in [0.4, 0.5) is 0 Å². The van der Waals surface area contributed by atoms with E-state index in [1.165, 1.54) is 21.9 Å². The van der Waals surface area contributed by atoms with Crippen LogP contribution in [-0.4, -0.2) is 9.55 Å². The summed E-state index contributed by atoms with van der Waals surface area (Å²) < 4.78 is 2.07. The first-order valence-electron chi connectivity index (χ1n) is 8.38. The monoisotopic (exact) mass is 322 g/mol. The molecule has 0 amide bonds. The molecule has 0 saturated carbocycles. The van der Waals surface area contributed by atoms with E-state index < -0.39 is 0 Å². The van der Waals surface area contributed by atoms with Crippen molar-refractivity contribution in [3.8, 4) is 11.8 Å². The molecule has 25 heavy (non-hydrogen) atoms. The minimum atomic E-state index is 0.777. The van der Waals surface area contributed by atoms with Gasteiger partial charge in [0.15, 0.2) is 0 Å². The topological polar surface area (TPSA) is 17.8 Å². The van der Waals surface area contributed by atoms with E-state index in [0.29, 0.717) is 0 Å². The zero-order valence-electron chi connectivity index (χ0n) is 13.9. The maximum atomic E-state index is 4.10. The molecule has 0 spiro atoms. The molecule has 0 radical (unpaired) electrons. The molecule has 2 heteroatoms. The second-order valence-electron chi connectivity index (χ2n) is 6.10. The van der Waals surface area contributed by atoms with Gasteiger partial charge in [0.05, 0.1) is 6.33 Å². The molecule has 2 nitrogen and oxygen atoms in total. The zero-order valence-corrected chi connectivity index (χ0v) is 13.9. The second kappa shape index (κ2) is 7.07. The lowest BCUT2D eigenvalue weighted by Crippen LogP contribution is -1.96. The smallest absolute Gasteiger partial charge is 0.0949 e. The molecule has 0 atom stereocenters. The lowest BCUT2D eigenvalue weighted by atomic mass is 10.0. The van der Waals surface area contributed by atoms with Crippen molar-refractivity contribution in [1.29, 1.82) is 0 Å². The van der Waals surface area contributed by atoms with Crippen LogP contribution in [0.3, 0.4) is 0 Å². The Bertz CT molecular complexity index is 1040. The number of hydrogen-bond donors (Lipinski definition) is 0. The van der Waals surface area contributed by atoms with E-state index in [1.54, 1.807) is 0 Å². The summed E-state index contributed by atoms with van der Waals surface area (Å²) in [4.78, 5) is 4.10. The van der Waals surface area contributed by atoms with Crippen LogP contribution in [0.1, 0.15) is 16.7 Å². The summed E-state index contributed by atoms with van der Waals surface area (Å²) in [6.07, 6.45) is 6.41. The molecule has 1 aromatic heterocycles. The molecule has 0 N–H and O–H groups in total. The predicted octanol–water partition coefficient (Wildman–Crippen LogP) is 4.68. The van der Waals surface area contributed by atoms with Crippen LogP contribution in [0.25, 0.3) is 10.8 Å². The quantitative estimate of drug-likeness (QED) is 0.501. The maximum absolute atomic E-state index is 4.10. The average molecular weight is 322 g/mol. The van der Waals surface area contributed by atoms with Gasteiger partial charge in [0.1, 0.15) is 0 Å². The Morgan fingerprint density at radius 1 is 0.840 bits per heavy atom. The van der Waals surface area contributed by atoms with E-state index in [9.17, 15) is 0 Å². The number of rotatable bonds is 3. The molecule has 0 aliphatic heterocycles. The molecular weight excluding hydrogens is 304 g/mol. The summed E-state index contributed by atoms with van der Waals surface area (Å²) in [5, 5.41) is 2.46. The third kappa shape index (κ3) is 3.79. The van der Waals surface area contributed by atoms with Gasteiger partial charge in [0, 0.05) is 30.9 Å². The third-order valence-corrected chi connectivity index (χ3v) is 4.20. The van der Waals surface area contributed by atoms with E-state index in [1.807, 2.05) is 24.8 Å². The van der Waals surface area contributed by atoms with E-state index >= 15 is 0 Å². The highest BCUT2D eigenvalue weighted by molar-refractivity contribution is 5.84. The minimum absolute atomic E-state index is 0.777. The summed E-state index contributed by atoms with van der Waals surface area (Å²) in [7, 11) is 0. The molecule has 4 aromatic rings. The number of nitrogens with zero attached hydrogens (tertiary/aromatic N) is 2. The maximum Gasteiger partial charge on any atom is 0.0949 e. The first-order valence-corrected chi connectivity index (χ1v) is 8.38. The van der Waals surface area contributed by atoms with Gasteiger partial charge in [-0.2, -0.15) is 0 Å². The van der Waals surface area contributed by atoms with Crippen molar-refractivity contribution in [3.63, 3.8) is 0 Å². The van der Waals surface area contributed by atoms with Crippen molar-refractivity contribution in [1.82, 2.24) is 9.55 Å². The minimum Gasteiger partial charge on any atom is -0.333 e. The van der Waals surface area contributed by atoms with Gasteiger partial charge in [0.2, 0.25) is 0 Å². The molecular formula is C23H18N2. The highest BCUT2D eigenvalue weighted by Gasteiger charge is 1.99. The van der Waals surface area contributed by atoms with Crippen molar-refractivity contribution >= 4 is 10.8 Å². The Morgan fingerprint density at radius 2 is 1.72 bits per heavy atom. The fourth-order valence-corrected chi connectivity index (χ4v) is 2.91. The van der Waals surface area contributed by atoms with Crippen molar-refractivity contribution < 1.29 is 0 Å². The van der Waals surface area contributed by atoms with Crippen LogP contribution in [0.15, 0.2) is 85.5 Å². The van der Waals surface area contributed by atoms with Gasteiger partial charge in [-0.05, 0) is 40.1 Å². The van der Waals surface area contributed by atoms with Gasteiger partial charge in [-0.25, -0.2) is 4.98 Å². The summed E-state index contributed by atoms with van der Waals surface area (Å²) in [6, 6.07) is 23.3. The van der Waals surface area contributed by atoms with Gasteiger partial charge >= 0.3 is 0 Å². The largest absolute Gasteiger partial charge is 0.333 e. The summed E-state index contributed by atoms with van der Waals surface area (Å²) in [5.41, 5.74) is 3.57. The Hall–Kier alpha value is -3.31. The Kier molecular flexibility index (Phi) is 4.31. The SMILES string of the molecule is C(#Cc1ccc2ccc(Cn3ccnc3)cc2c1)Cc1ccccc1. The van der Waals surface area contributed by atoms with E-state index in [4.69, 9.17) is 0 Å². The van der Waals surface area contributed by atoms with Crippen LogP contribution in [-0.2, 0) is 13.0 Å². The Balaban J connectivity index is 1.56. The lowest BCUT2D eigenvalue weighted by molar-refractivity contribution is 0.798. The number of aromatic nitrogens is 2. The van der Waals surface area contributed by atoms with Crippen LogP contribution >= 0.6 is 0 Å². The van der Waals surface area contributed by atoms with Gasteiger partial charge in [-0.3, -0.25) is 0 Å². The van der Waals surface area contributed by atoms with Crippen molar-refractivity contribution in [2.45, 2.75) is 13.0 Å². The van der Waals surface area contributed by atoms with Crippen molar-refractivity contribution in [2.24, 2.45) is 0 Å². The first kappa shape index (κ1) is 15.2. The highest BCUT2D eigenvalue weighted by atomic mass is 15.0. The molecule has 4 rings (SSSR count). The van der Waals surface area contributed by atoms with Crippen LogP contribution in [0, 0.1) is 11.8 Å². The Morgan fingerprint density at radius 3 is 2.56 bits per heavy atom.